The summed E-state index contributed by atoms with van der Waals surface area (Å²) in [4.78, 5) is 38.2. The number of nitrogens with one attached hydrogen (secondary N) is 2. The predicted molar refractivity (Wildman–Crippen MR) is 134 cm³/mol. The van der Waals surface area contributed by atoms with Crippen LogP contribution in [0, 0.1) is 5.92 Å². The van der Waals surface area contributed by atoms with Gasteiger partial charge in [0.1, 0.15) is 18.7 Å². The Hall–Kier alpha value is -3.65. The van der Waals surface area contributed by atoms with E-state index < -0.39 is 30.1 Å². The van der Waals surface area contributed by atoms with Gasteiger partial charge in [-0.25, -0.2) is 9.59 Å². The van der Waals surface area contributed by atoms with Crippen LogP contribution >= 0.6 is 11.3 Å². The molecule has 2 unspecified atom stereocenters. The van der Waals surface area contributed by atoms with Crippen LogP contribution in [0.1, 0.15) is 48.2 Å². The van der Waals surface area contributed by atoms with Crippen molar-refractivity contribution >= 4 is 29.3 Å². The van der Waals surface area contributed by atoms with Crippen molar-refractivity contribution in [1.29, 1.82) is 0 Å². The second-order valence-electron chi connectivity index (χ2n) is 8.63. The highest BCUT2D eigenvalue weighted by Gasteiger charge is 2.32. The summed E-state index contributed by atoms with van der Waals surface area (Å²) in [5.74, 6) is -2.08. The molecule has 3 N–H and O–H groups in total. The van der Waals surface area contributed by atoms with Crippen LogP contribution in [0.3, 0.4) is 0 Å². The molecule has 0 bridgehead atoms. The summed E-state index contributed by atoms with van der Waals surface area (Å²) >= 11 is 1.30. The average Bonchev–Trinajstić information content (AvgIpc) is 3.50. The van der Waals surface area contributed by atoms with Gasteiger partial charge in [0, 0.05) is 10.8 Å². The molecule has 35 heavy (non-hydrogen) atoms. The molecule has 1 aliphatic carbocycles. The van der Waals surface area contributed by atoms with Crippen LogP contribution < -0.4 is 10.6 Å². The lowest BCUT2D eigenvalue weighted by atomic mass is 9.98. The Labute approximate surface area is 208 Å². The van der Waals surface area contributed by atoms with E-state index in [1.807, 2.05) is 43.3 Å². The summed E-state index contributed by atoms with van der Waals surface area (Å²) in [5.41, 5.74) is 4.43. The van der Waals surface area contributed by atoms with Crippen LogP contribution in [0.15, 0.2) is 66.0 Å². The minimum atomic E-state index is -1.11. The van der Waals surface area contributed by atoms with Gasteiger partial charge in [-0.15, -0.1) is 11.3 Å². The van der Waals surface area contributed by atoms with E-state index in [0.717, 1.165) is 22.3 Å². The Morgan fingerprint density at radius 2 is 1.60 bits per heavy atom. The van der Waals surface area contributed by atoms with Gasteiger partial charge in [-0.3, -0.25) is 4.79 Å². The zero-order chi connectivity index (χ0) is 24.9. The Kier molecular flexibility index (Phi) is 7.51. The van der Waals surface area contributed by atoms with Gasteiger partial charge in [0.25, 0.3) is 0 Å². The molecule has 8 heteroatoms. The number of carbonyl (C=O) groups is 3. The molecule has 0 saturated carbocycles. The Morgan fingerprint density at radius 3 is 2.14 bits per heavy atom. The topological polar surface area (TPSA) is 105 Å². The molecule has 7 nitrogen and oxygen atoms in total. The highest BCUT2D eigenvalue weighted by atomic mass is 32.1. The van der Waals surface area contributed by atoms with Crippen LogP contribution in [-0.4, -0.2) is 35.7 Å². The quantitative estimate of drug-likeness (QED) is 0.392. The zero-order valence-corrected chi connectivity index (χ0v) is 20.4. The van der Waals surface area contributed by atoms with E-state index in [2.05, 4.69) is 22.8 Å². The van der Waals surface area contributed by atoms with E-state index >= 15 is 0 Å². The molecule has 0 aliphatic heterocycles. The first kappa shape index (κ1) is 24.5. The van der Waals surface area contributed by atoms with E-state index in [1.165, 1.54) is 11.3 Å². The van der Waals surface area contributed by atoms with Gasteiger partial charge in [0.05, 0.1) is 0 Å². The molecule has 4 rings (SSSR count). The van der Waals surface area contributed by atoms with E-state index in [0.29, 0.717) is 11.3 Å². The van der Waals surface area contributed by atoms with E-state index in [4.69, 9.17) is 4.74 Å². The van der Waals surface area contributed by atoms with Gasteiger partial charge in [0.2, 0.25) is 5.91 Å². The van der Waals surface area contributed by atoms with Gasteiger partial charge in [-0.1, -0.05) is 74.9 Å². The molecule has 1 aliphatic rings. The molecular formula is C27H28N2O5S. The highest BCUT2D eigenvalue weighted by molar-refractivity contribution is 7.10. The number of ether oxygens (including phenoxy) is 1. The second-order valence-corrected chi connectivity index (χ2v) is 9.61. The van der Waals surface area contributed by atoms with E-state index in [9.17, 15) is 19.5 Å². The number of carboxylic acids is 1. The Bertz CT molecular complexity index is 1160. The number of benzene rings is 2. The van der Waals surface area contributed by atoms with Crippen molar-refractivity contribution < 1.29 is 24.2 Å². The molecule has 1 aromatic heterocycles. The first-order valence-corrected chi connectivity index (χ1v) is 12.5. The summed E-state index contributed by atoms with van der Waals surface area (Å²) in [6.45, 7) is 3.74. The van der Waals surface area contributed by atoms with Crippen LogP contribution in [0.25, 0.3) is 11.1 Å². The molecule has 0 radical (unpaired) electrons. The summed E-state index contributed by atoms with van der Waals surface area (Å²) in [6.07, 6.45) is -0.156. The molecule has 0 fully saturated rings. The van der Waals surface area contributed by atoms with E-state index in [-0.39, 0.29) is 18.4 Å². The lowest BCUT2D eigenvalue weighted by Crippen LogP contribution is -2.49. The minimum Gasteiger partial charge on any atom is -0.480 e. The van der Waals surface area contributed by atoms with Gasteiger partial charge >= 0.3 is 12.1 Å². The van der Waals surface area contributed by atoms with Gasteiger partial charge < -0.3 is 20.5 Å². The van der Waals surface area contributed by atoms with Crippen LogP contribution in [0.2, 0.25) is 0 Å². The normalized spacial score (nSPS) is 14.8. The number of fused-ring (bicyclic) bond motifs is 3. The van der Waals surface area contributed by atoms with Gasteiger partial charge in [-0.2, -0.15) is 0 Å². The maximum atomic E-state index is 13.1. The third kappa shape index (κ3) is 5.22. The first-order chi connectivity index (χ1) is 16.9. The largest absolute Gasteiger partial charge is 0.480 e. The molecule has 3 atom stereocenters. The summed E-state index contributed by atoms with van der Waals surface area (Å²) in [7, 11) is 0. The van der Waals surface area contributed by atoms with Gasteiger partial charge in [-0.05, 0) is 39.6 Å². The zero-order valence-electron chi connectivity index (χ0n) is 19.6. The van der Waals surface area contributed by atoms with Crippen molar-refractivity contribution in [3.8, 4) is 11.1 Å². The van der Waals surface area contributed by atoms with Crippen LogP contribution in [-0.2, 0) is 14.3 Å². The fourth-order valence-electron chi connectivity index (χ4n) is 4.40. The van der Waals surface area contributed by atoms with Crippen LogP contribution in [0.4, 0.5) is 4.79 Å². The number of aliphatic carboxylic acids is 1. The average molecular weight is 493 g/mol. The fourth-order valence-corrected chi connectivity index (χ4v) is 5.17. The number of amides is 2. The molecule has 0 spiro atoms. The predicted octanol–water partition coefficient (Wildman–Crippen LogP) is 4.94. The van der Waals surface area contributed by atoms with Crippen molar-refractivity contribution in [2.24, 2.45) is 5.92 Å². The number of thiophene rings is 1. The number of rotatable bonds is 9. The first-order valence-electron chi connectivity index (χ1n) is 11.6. The fraction of sp³-hybridized carbons (Fsp3) is 0.296. The third-order valence-corrected chi connectivity index (χ3v) is 7.41. The number of carbonyl (C=O) groups excluding carboxylic acids is 2. The molecule has 2 amide bonds. The molecule has 3 aromatic rings. The Balaban J connectivity index is 1.47. The maximum Gasteiger partial charge on any atom is 0.408 e. The third-order valence-electron chi connectivity index (χ3n) is 6.47. The number of hydrogen-bond acceptors (Lipinski definition) is 5. The smallest absolute Gasteiger partial charge is 0.408 e. The monoisotopic (exact) mass is 492 g/mol. The molecule has 2 aromatic carbocycles. The van der Waals surface area contributed by atoms with Crippen molar-refractivity contribution in [3.63, 3.8) is 0 Å². The van der Waals surface area contributed by atoms with Crippen molar-refractivity contribution in [2.75, 3.05) is 6.61 Å². The van der Waals surface area contributed by atoms with Crippen molar-refractivity contribution in [1.82, 2.24) is 10.6 Å². The minimum absolute atomic E-state index is 0.107. The van der Waals surface area contributed by atoms with Gasteiger partial charge in [0.15, 0.2) is 0 Å². The van der Waals surface area contributed by atoms with E-state index in [1.54, 1.807) is 24.4 Å². The lowest BCUT2D eigenvalue weighted by Gasteiger charge is -2.24. The molecule has 1 heterocycles. The Morgan fingerprint density at radius 1 is 0.971 bits per heavy atom. The maximum absolute atomic E-state index is 13.1. The standard InChI is InChI=1S/C27H28N2O5S/c1-3-16(2)23(26(31)32)28-25(30)24(22-13-8-14-35-22)29-27(33)34-15-21-19-11-6-4-9-17(19)18-10-5-7-12-20(18)21/h4-14,16,21,23-24H,3,15H2,1-2H3,(H,28,30)(H,29,33)(H,31,32)/t16?,23-,24?/m0/s1. The number of hydrogen-bond donors (Lipinski definition) is 3. The highest BCUT2D eigenvalue weighted by Crippen LogP contribution is 2.44. The molecular weight excluding hydrogens is 464 g/mol. The second kappa shape index (κ2) is 10.7. The number of carboxylic acid groups (broad SMARTS) is 1. The summed E-state index contributed by atoms with van der Waals surface area (Å²) in [5, 5.41) is 16.6. The lowest BCUT2D eigenvalue weighted by molar-refractivity contribution is -0.143. The summed E-state index contributed by atoms with van der Waals surface area (Å²) in [6, 6.07) is 17.4. The number of alkyl carbamates (subject to hydrolysis) is 1. The molecule has 182 valence electrons. The molecule has 0 saturated heterocycles. The summed E-state index contributed by atoms with van der Waals surface area (Å²) < 4.78 is 5.60. The van der Waals surface area contributed by atoms with Crippen molar-refractivity contribution in [2.45, 2.75) is 38.3 Å². The van der Waals surface area contributed by atoms with Crippen LogP contribution in [0.5, 0.6) is 0 Å². The SMILES string of the molecule is CCC(C)[C@H](NC(=O)C(NC(=O)OCC1c2ccccc2-c2ccccc21)c1cccs1)C(=O)O. The van der Waals surface area contributed by atoms with Crippen molar-refractivity contribution in [3.05, 3.63) is 82.0 Å².